The topological polar surface area (TPSA) is 20.2 Å². The molecule has 0 amide bonds. The highest BCUT2D eigenvalue weighted by Crippen LogP contribution is 2.28. The normalized spacial score (nSPS) is 37.1. The van der Waals surface area contributed by atoms with Crippen LogP contribution >= 0.6 is 0 Å². The summed E-state index contributed by atoms with van der Waals surface area (Å²) in [5.74, 6) is 0.625. The van der Waals surface area contributed by atoms with Crippen molar-refractivity contribution in [2.75, 3.05) is 0 Å². The standard InChI is InChI=1S/C10H16O/c1-3-6-10(11)7-4-9(2)5-8-10/h3-4,7,9,11H,1,5-6,8H2,2H3. The average molecular weight is 152 g/mol. The van der Waals surface area contributed by atoms with Crippen LogP contribution in [0.5, 0.6) is 0 Å². The number of rotatable bonds is 2. The first kappa shape index (κ1) is 8.54. The molecule has 0 fully saturated rings. The van der Waals surface area contributed by atoms with Gasteiger partial charge in [0.25, 0.3) is 0 Å². The summed E-state index contributed by atoms with van der Waals surface area (Å²) in [5.41, 5.74) is -0.589. The Hall–Kier alpha value is -0.560. The Morgan fingerprint density at radius 1 is 1.82 bits per heavy atom. The van der Waals surface area contributed by atoms with Crippen LogP contribution in [0.1, 0.15) is 26.2 Å². The lowest BCUT2D eigenvalue weighted by Gasteiger charge is -2.28. The molecule has 2 unspecified atom stereocenters. The van der Waals surface area contributed by atoms with E-state index in [1.54, 1.807) is 6.08 Å². The number of allylic oxidation sites excluding steroid dienone is 1. The summed E-state index contributed by atoms with van der Waals surface area (Å²) in [5, 5.41) is 9.83. The molecule has 1 rings (SSSR count). The van der Waals surface area contributed by atoms with Gasteiger partial charge in [0.05, 0.1) is 5.60 Å². The van der Waals surface area contributed by atoms with E-state index in [-0.39, 0.29) is 0 Å². The van der Waals surface area contributed by atoms with Gasteiger partial charge < -0.3 is 5.11 Å². The van der Waals surface area contributed by atoms with Gasteiger partial charge in [-0.25, -0.2) is 0 Å². The molecule has 1 heteroatoms. The molecule has 1 aliphatic rings. The maximum atomic E-state index is 9.83. The van der Waals surface area contributed by atoms with E-state index in [2.05, 4.69) is 19.6 Å². The van der Waals surface area contributed by atoms with E-state index in [9.17, 15) is 5.11 Å². The van der Waals surface area contributed by atoms with Gasteiger partial charge in [0.2, 0.25) is 0 Å². The van der Waals surface area contributed by atoms with E-state index in [0.717, 1.165) is 12.8 Å². The first-order chi connectivity index (χ1) is 5.16. The van der Waals surface area contributed by atoms with Gasteiger partial charge in [0.15, 0.2) is 0 Å². The van der Waals surface area contributed by atoms with Crippen molar-refractivity contribution < 1.29 is 5.11 Å². The largest absolute Gasteiger partial charge is 0.385 e. The molecule has 0 spiro atoms. The lowest BCUT2D eigenvalue weighted by molar-refractivity contribution is 0.0728. The Bertz CT molecular complexity index is 172. The van der Waals surface area contributed by atoms with Crippen LogP contribution < -0.4 is 0 Å². The SMILES string of the molecule is C=CCC1(O)C=CC(C)CC1. The van der Waals surface area contributed by atoms with E-state index >= 15 is 0 Å². The molecule has 62 valence electrons. The molecule has 0 aliphatic heterocycles. The molecule has 0 bridgehead atoms. The summed E-state index contributed by atoms with van der Waals surface area (Å²) in [6.45, 7) is 5.80. The van der Waals surface area contributed by atoms with Gasteiger partial charge in [-0.3, -0.25) is 0 Å². The lowest BCUT2D eigenvalue weighted by atomic mass is 9.84. The lowest BCUT2D eigenvalue weighted by Crippen LogP contribution is -2.28. The summed E-state index contributed by atoms with van der Waals surface area (Å²) in [7, 11) is 0. The van der Waals surface area contributed by atoms with Crippen LogP contribution in [-0.2, 0) is 0 Å². The summed E-state index contributed by atoms with van der Waals surface area (Å²) < 4.78 is 0. The monoisotopic (exact) mass is 152 g/mol. The number of hydrogen-bond acceptors (Lipinski definition) is 1. The molecule has 0 aromatic heterocycles. The van der Waals surface area contributed by atoms with E-state index in [0.29, 0.717) is 12.3 Å². The fourth-order valence-corrected chi connectivity index (χ4v) is 1.42. The van der Waals surface area contributed by atoms with Gasteiger partial charge in [0.1, 0.15) is 0 Å². The van der Waals surface area contributed by atoms with E-state index in [4.69, 9.17) is 0 Å². The smallest absolute Gasteiger partial charge is 0.0862 e. The highest BCUT2D eigenvalue weighted by atomic mass is 16.3. The Morgan fingerprint density at radius 2 is 2.55 bits per heavy atom. The highest BCUT2D eigenvalue weighted by Gasteiger charge is 2.25. The minimum atomic E-state index is -0.589. The van der Waals surface area contributed by atoms with Crippen molar-refractivity contribution in [2.24, 2.45) is 5.92 Å². The van der Waals surface area contributed by atoms with Crippen LogP contribution in [0.3, 0.4) is 0 Å². The minimum absolute atomic E-state index is 0.589. The predicted molar refractivity (Wildman–Crippen MR) is 47.3 cm³/mol. The van der Waals surface area contributed by atoms with Gasteiger partial charge in [-0.05, 0) is 25.2 Å². The molecule has 2 atom stereocenters. The maximum absolute atomic E-state index is 9.83. The molecule has 1 nitrogen and oxygen atoms in total. The van der Waals surface area contributed by atoms with Gasteiger partial charge in [-0.1, -0.05) is 25.2 Å². The average Bonchev–Trinajstić information content (AvgIpc) is 1.97. The second-order valence-corrected chi connectivity index (χ2v) is 3.47. The molecule has 1 N–H and O–H groups in total. The third kappa shape index (κ3) is 2.19. The fourth-order valence-electron chi connectivity index (χ4n) is 1.42. The van der Waals surface area contributed by atoms with Gasteiger partial charge in [-0.15, -0.1) is 6.58 Å². The first-order valence-electron chi connectivity index (χ1n) is 4.19. The van der Waals surface area contributed by atoms with Crippen LogP contribution in [0.4, 0.5) is 0 Å². The molecule has 11 heavy (non-hydrogen) atoms. The zero-order valence-corrected chi connectivity index (χ0v) is 7.09. The second kappa shape index (κ2) is 3.22. The van der Waals surface area contributed by atoms with E-state index < -0.39 is 5.60 Å². The molecule has 0 heterocycles. The Morgan fingerprint density at radius 3 is 3.00 bits per heavy atom. The summed E-state index contributed by atoms with van der Waals surface area (Å²) in [4.78, 5) is 0. The predicted octanol–water partition coefficient (Wildman–Crippen LogP) is 2.28. The Balaban J connectivity index is 2.59. The molecular weight excluding hydrogens is 136 g/mol. The zero-order chi connectivity index (χ0) is 8.32. The molecule has 0 aromatic carbocycles. The third-order valence-electron chi connectivity index (χ3n) is 2.27. The van der Waals surface area contributed by atoms with Crippen molar-refractivity contribution in [3.05, 3.63) is 24.8 Å². The number of hydrogen-bond donors (Lipinski definition) is 1. The second-order valence-electron chi connectivity index (χ2n) is 3.47. The van der Waals surface area contributed by atoms with Crippen molar-refractivity contribution in [3.8, 4) is 0 Å². The van der Waals surface area contributed by atoms with Crippen LogP contribution in [-0.4, -0.2) is 10.7 Å². The first-order valence-corrected chi connectivity index (χ1v) is 4.19. The van der Waals surface area contributed by atoms with Gasteiger partial charge in [0, 0.05) is 0 Å². The Labute approximate surface area is 68.4 Å². The summed E-state index contributed by atoms with van der Waals surface area (Å²) in [6, 6.07) is 0. The Kier molecular flexibility index (Phi) is 2.50. The van der Waals surface area contributed by atoms with E-state index in [1.807, 2.05) is 6.08 Å². The van der Waals surface area contributed by atoms with Crippen LogP contribution in [0, 0.1) is 5.92 Å². The van der Waals surface area contributed by atoms with Gasteiger partial charge >= 0.3 is 0 Å². The molecule has 0 saturated carbocycles. The van der Waals surface area contributed by atoms with Crippen molar-refractivity contribution in [3.63, 3.8) is 0 Å². The van der Waals surface area contributed by atoms with Crippen LogP contribution in [0.25, 0.3) is 0 Å². The molecular formula is C10H16O. The quantitative estimate of drug-likeness (QED) is 0.602. The highest BCUT2D eigenvalue weighted by molar-refractivity contribution is 5.08. The molecule has 1 aliphatic carbocycles. The van der Waals surface area contributed by atoms with E-state index in [1.165, 1.54) is 0 Å². The van der Waals surface area contributed by atoms with Crippen molar-refractivity contribution in [2.45, 2.75) is 31.8 Å². The van der Waals surface area contributed by atoms with Crippen LogP contribution in [0.2, 0.25) is 0 Å². The summed E-state index contributed by atoms with van der Waals surface area (Å²) in [6.07, 6.45) is 8.42. The number of aliphatic hydroxyl groups is 1. The third-order valence-corrected chi connectivity index (χ3v) is 2.27. The maximum Gasteiger partial charge on any atom is 0.0862 e. The van der Waals surface area contributed by atoms with Crippen LogP contribution in [0.15, 0.2) is 24.8 Å². The van der Waals surface area contributed by atoms with Crippen molar-refractivity contribution >= 4 is 0 Å². The minimum Gasteiger partial charge on any atom is -0.385 e. The van der Waals surface area contributed by atoms with Crippen molar-refractivity contribution in [1.82, 2.24) is 0 Å². The molecule has 0 radical (unpaired) electrons. The fraction of sp³-hybridized carbons (Fsp3) is 0.600. The molecule has 0 saturated heterocycles. The summed E-state index contributed by atoms with van der Waals surface area (Å²) >= 11 is 0. The zero-order valence-electron chi connectivity index (χ0n) is 7.09. The molecule has 0 aromatic rings. The van der Waals surface area contributed by atoms with Gasteiger partial charge in [-0.2, -0.15) is 0 Å². The van der Waals surface area contributed by atoms with Crippen molar-refractivity contribution in [1.29, 1.82) is 0 Å².